The van der Waals surface area contributed by atoms with Gasteiger partial charge in [-0.1, -0.05) is 36.4 Å². The maximum atomic E-state index is 4.84. The van der Waals surface area contributed by atoms with Crippen LogP contribution >= 0.6 is 0 Å². The number of rotatable bonds is 4. The number of nitrogens with zero attached hydrogens (tertiary/aromatic N) is 3. The maximum absolute atomic E-state index is 4.84. The Kier molecular flexibility index (Phi) is 4.39. The molecule has 0 N–H and O–H groups in total. The zero-order valence-electron chi connectivity index (χ0n) is 12.7. The smallest absolute Gasteiger partial charge is 0.131 e. The number of hydrogen-bond acceptors (Lipinski definition) is 3. The lowest BCUT2D eigenvalue weighted by Gasteiger charge is -2.29. The van der Waals surface area contributed by atoms with E-state index in [-0.39, 0.29) is 0 Å². The van der Waals surface area contributed by atoms with Gasteiger partial charge in [-0.05, 0) is 37.0 Å². The van der Waals surface area contributed by atoms with Crippen molar-refractivity contribution in [2.45, 2.75) is 25.8 Å². The Balaban J connectivity index is 1.72. The van der Waals surface area contributed by atoms with Crippen LogP contribution in [0.3, 0.4) is 0 Å². The molecule has 1 saturated heterocycles. The summed E-state index contributed by atoms with van der Waals surface area (Å²) < 4.78 is 0. The molecule has 0 saturated carbocycles. The molecule has 1 aliphatic rings. The van der Waals surface area contributed by atoms with E-state index in [1.165, 1.54) is 24.8 Å². The van der Waals surface area contributed by atoms with Gasteiger partial charge < -0.3 is 9.80 Å². The van der Waals surface area contributed by atoms with Gasteiger partial charge in [0.1, 0.15) is 11.6 Å². The van der Waals surface area contributed by atoms with Crippen LogP contribution in [0, 0.1) is 0 Å². The minimum absolute atomic E-state index is 0.886. The van der Waals surface area contributed by atoms with Gasteiger partial charge in [-0.2, -0.15) is 0 Å². The summed E-state index contributed by atoms with van der Waals surface area (Å²) in [5.74, 6) is 2.16. The first-order valence-electron chi connectivity index (χ1n) is 7.80. The van der Waals surface area contributed by atoms with Crippen LogP contribution in [-0.2, 0) is 6.54 Å². The maximum Gasteiger partial charge on any atom is 0.131 e. The molecule has 3 rings (SSSR count). The van der Waals surface area contributed by atoms with Crippen LogP contribution in [0.15, 0.2) is 48.5 Å². The molecule has 0 aliphatic carbocycles. The highest BCUT2D eigenvalue weighted by Gasteiger charge is 2.13. The second-order valence-corrected chi connectivity index (χ2v) is 5.74. The summed E-state index contributed by atoms with van der Waals surface area (Å²) in [6.07, 6.45) is 3.92. The molecule has 0 spiro atoms. The fourth-order valence-corrected chi connectivity index (χ4v) is 2.86. The van der Waals surface area contributed by atoms with E-state index in [0.29, 0.717) is 0 Å². The fourth-order valence-electron chi connectivity index (χ4n) is 2.86. The molecule has 1 aliphatic heterocycles. The van der Waals surface area contributed by atoms with Crippen LogP contribution in [0.1, 0.15) is 24.8 Å². The van der Waals surface area contributed by atoms with Crippen molar-refractivity contribution in [2.24, 2.45) is 0 Å². The standard InChI is InChI=1S/C18H23N3/c1-20(15-16-9-4-2-5-10-16)17-11-8-12-18(19-17)21-13-6-3-7-14-21/h2,4-5,8-12H,3,6-7,13-15H2,1H3. The largest absolute Gasteiger partial charge is 0.357 e. The molecule has 110 valence electrons. The molecule has 1 aromatic heterocycles. The van der Waals surface area contributed by atoms with E-state index in [0.717, 1.165) is 31.3 Å². The minimum Gasteiger partial charge on any atom is -0.357 e. The third-order valence-electron chi connectivity index (χ3n) is 4.05. The Bertz CT molecular complexity index is 562. The molecule has 3 heteroatoms. The molecule has 3 nitrogen and oxygen atoms in total. The van der Waals surface area contributed by atoms with Crippen molar-refractivity contribution in [2.75, 3.05) is 29.9 Å². The molecule has 1 aromatic carbocycles. The van der Waals surface area contributed by atoms with Gasteiger partial charge in [0.25, 0.3) is 0 Å². The fraction of sp³-hybridized carbons (Fsp3) is 0.389. The van der Waals surface area contributed by atoms with E-state index in [1.54, 1.807) is 0 Å². The zero-order valence-corrected chi connectivity index (χ0v) is 12.7. The third-order valence-corrected chi connectivity index (χ3v) is 4.05. The van der Waals surface area contributed by atoms with E-state index in [4.69, 9.17) is 4.98 Å². The van der Waals surface area contributed by atoms with Gasteiger partial charge in [-0.15, -0.1) is 0 Å². The van der Waals surface area contributed by atoms with Gasteiger partial charge >= 0.3 is 0 Å². The van der Waals surface area contributed by atoms with Gasteiger partial charge in [0.05, 0.1) is 0 Å². The van der Waals surface area contributed by atoms with Gasteiger partial charge in [-0.25, -0.2) is 4.98 Å². The summed E-state index contributed by atoms with van der Waals surface area (Å²) in [5, 5.41) is 0. The first-order chi connectivity index (χ1) is 10.3. The molecular formula is C18H23N3. The number of piperidine rings is 1. The van der Waals surface area contributed by atoms with Crippen molar-refractivity contribution < 1.29 is 0 Å². The molecule has 0 atom stereocenters. The number of pyridine rings is 1. The molecule has 1 fully saturated rings. The minimum atomic E-state index is 0.886. The summed E-state index contributed by atoms with van der Waals surface area (Å²) in [6.45, 7) is 3.16. The zero-order chi connectivity index (χ0) is 14.5. The first-order valence-corrected chi connectivity index (χ1v) is 7.80. The summed E-state index contributed by atoms with van der Waals surface area (Å²) in [6, 6.07) is 16.9. The van der Waals surface area contributed by atoms with Crippen LogP contribution < -0.4 is 9.80 Å². The number of aromatic nitrogens is 1. The normalized spacial score (nSPS) is 15.0. The van der Waals surface area contributed by atoms with Crippen molar-refractivity contribution in [3.63, 3.8) is 0 Å². The molecule has 0 bridgehead atoms. The monoisotopic (exact) mass is 281 g/mol. The molecule has 21 heavy (non-hydrogen) atoms. The second kappa shape index (κ2) is 6.61. The summed E-state index contributed by atoms with van der Waals surface area (Å²) >= 11 is 0. The van der Waals surface area contributed by atoms with Crippen LogP contribution in [0.4, 0.5) is 11.6 Å². The lowest BCUT2D eigenvalue weighted by molar-refractivity contribution is 0.573. The topological polar surface area (TPSA) is 19.4 Å². The average molecular weight is 281 g/mol. The molecule has 0 unspecified atom stereocenters. The Morgan fingerprint density at radius 2 is 1.71 bits per heavy atom. The van der Waals surface area contributed by atoms with Crippen LogP contribution in [0.5, 0.6) is 0 Å². The van der Waals surface area contributed by atoms with Crippen LogP contribution in [0.25, 0.3) is 0 Å². The summed E-state index contributed by atoms with van der Waals surface area (Å²) in [4.78, 5) is 9.46. The highest BCUT2D eigenvalue weighted by molar-refractivity contribution is 5.48. The highest BCUT2D eigenvalue weighted by atomic mass is 15.2. The molecule has 0 radical (unpaired) electrons. The van der Waals surface area contributed by atoms with Gasteiger partial charge in [0.2, 0.25) is 0 Å². The van der Waals surface area contributed by atoms with Crippen molar-refractivity contribution in [1.82, 2.24) is 4.98 Å². The van der Waals surface area contributed by atoms with Crippen molar-refractivity contribution >= 4 is 11.6 Å². The first kappa shape index (κ1) is 13.9. The van der Waals surface area contributed by atoms with E-state index in [2.05, 4.69) is 65.4 Å². The van der Waals surface area contributed by atoms with E-state index in [1.807, 2.05) is 0 Å². The number of benzene rings is 1. The third kappa shape index (κ3) is 3.54. The predicted octanol–water partition coefficient (Wildman–Crippen LogP) is 3.71. The van der Waals surface area contributed by atoms with Gasteiger partial charge in [-0.3, -0.25) is 0 Å². The molecular weight excluding hydrogens is 258 g/mol. The quantitative estimate of drug-likeness (QED) is 0.851. The lowest BCUT2D eigenvalue weighted by Crippen LogP contribution is -2.30. The number of hydrogen-bond donors (Lipinski definition) is 0. The Morgan fingerprint density at radius 3 is 2.48 bits per heavy atom. The van der Waals surface area contributed by atoms with Gasteiger partial charge in [0, 0.05) is 26.7 Å². The molecule has 0 amide bonds. The Hall–Kier alpha value is -2.03. The summed E-state index contributed by atoms with van der Waals surface area (Å²) in [5.41, 5.74) is 1.31. The van der Waals surface area contributed by atoms with Crippen LogP contribution in [-0.4, -0.2) is 25.1 Å². The van der Waals surface area contributed by atoms with Crippen molar-refractivity contribution in [1.29, 1.82) is 0 Å². The molecule has 2 aromatic rings. The average Bonchev–Trinajstić information content (AvgIpc) is 2.57. The van der Waals surface area contributed by atoms with E-state index in [9.17, 15) is 0 Å². The van der Waals surface area contributed by atoms with E-state index >= 15 is 0 Å². The second-order valence-electron chi connectivity index (χ2n) is 5.74. The predicted molar refractivity (Wildman–Crippen MR) is 88.9 cm³/mol. The summed E-state index contributed by atoms with van der Waals surface area (Å²) in [7, 11) is 2.11. The van der Waals surface area contributed by atoms with Crippen LogP contribution in [0.2, 0.25) is 0 Å². The Morgan fingerprint density at radius 1 is 0.952 bits per heavy atom. The Labute approximate surface area is 127 Å². The number of anilines is 2. The highest BCUT2D eigenvalue weighted by Crippen LogP contribution is 2.21. The van der Waals surface area contributed by atoms with Crippen molar-refractivity contribution in [3.05, 3.63) is 54.1 Å². The van der Waals surface area contributed by atoms with E-state index < -0.39 is 0 Å². The molecule has 2 heterocycles. The van der Waals surface area contributed by atoms with Crippen molar-refractivity contribution in [3.8, 4) is 0 Å². The lowest BCUT2D eigenvalue weighted by atomic mass is 10.1. The van der Waals surface area contributed by atoms with Gasteiger partial charge in [0.15, 0.2) is 0 Å². The SMILES string of the molecule is CN(Cc1ccccc1)c1cccc(N2CCCCC2)n1.